The van der Waals surface area contributed by atoms with Gasteiger partial charge in [0.15, 0.2) is 18.1 Å². The lowest BCUT2D eigenvalue weighted by Gasteiger charge is -2.13. The van der Waals surface area contributed by atoms with Crippen molar-refractivity contribution in [2.24, 2.45) is 5.10 Å². The molecule has 0 atom stereocenters. The van der Waals surface area contributed by atoms with Crippen LogP contribution in [0.1, 0.15) is 12.5 Å². The molecule has 0 radical (unpaired) electrons. The third kappa shape index (κ3) is 4.91. The number of ether oxygens (including phenoxy) is 3. The zero-order valence-corrected chi connectivity index (χ0v) is 14.8. The predicted molar refractivity (Wildman–Crippen MR) is 90.9 cm³/mol. The summed E-state index contributed by atoms with van der Waals surface area (Å²) in [5.41, 5.74) is 0.809. The number of carbonyl (C=O) groups excluding carboxylic acids is 1. The standard InChI is InChI=1S/C14H15IN4O4/c1-3-22-13(20)7-23-14-11(15)4-10(5-12(14)21-2)6-18-19-8-16-17-9-19/h4-6,8-9H,3,7H2,1-2H3/b18-6-. The molecule has 0 bridgehead atoms. The van der Waals surface area contributed by atoms with Crippen molar-refractivity contribution < 1.29 is 19.0 Å². The number of rotatable bonds is 7. The van der Waals surface area contributed by atoms with E-state index in [2.05, 4.69) is 37.9 Å². The van der Waals surface area contributed by atoms with Crippen molar-refractivity contribution in [3.8, 4) is 11.5 Å². The maximum atomic E-state index is 11.4. The molecular weight excluding hydrogens is 415 g/mol. The van der Waals surface area contributed by atoms with Gasteiger partial charge in [0.1, 0.15) is 12.7 Å². The van der Waals surface area contributed by atoms with Gasteiger partial charge in [-0.1, -0.05) is 0 Å². The van der Waals surface area contributed by atoms with Crippen LogP contribution in [0.5, 0.6) is 11.5 Å². The lowest BCUT2D eigenvalue weighted by atomic mass is 10.2. The van der Waals surface area contributed by atoms with Crippen LogP contribution in [0.25, 0.3) is 0 Å². The molecule has 2 rings (SSSR count). The van der Waals surface area contributed by atoms with Crippen LogP contribution >= 0.6 is 22.6 Å². The van der Waals surface area contributed by atoms with E-state index in [-0.39, 0.29) is 6.61 Å². The summed E-state index contributed by atoms with van der Waals surface area (Å²) in [6.07, 6.45) is 4.61. The molecule has 1 aromatic heterocycles. The Morgan fingerprint density at radius 3 is 2.78 bits per heavy atom. The van der Waals surface area contributed by atoms with Crippen molar-refractivity contribution in [3.05, 3.63) is 33.9 Å². The SMILES string of the molecule is CCOC(=O)COc1c(I)cc(/C=N\n2cnnc2)cc1OC. The normalized spacial score (nSPS) is 10.7. The van der Waals surface area contributed by atoms with Crippen LogP contribution in [0.2, 0.25) is 0 Å². The van der Waals surface area contributed by atoms with Crippen molar-refractivity contribution in [3.63, 3.8) is 0 Å². The van der Waals surface area contributed by atoms with Crippen LogP contribution in [0, 0.1) is 3.57 Å². The number of carbonyl (C=O) groups is 1. The Bertz CT molecular complexity index is 688. The molecule has 0 saturated carbocycles. The fourth-order valence-corrected chi connectivity index (χ4v) is 2.46. The monoisotopic (exact) mass is 430 g/mol. The Balaban J connectivity index is 2.16. The maximum absolute atomic E-state index is 11.4. The lowest BCUT2D eigenvalue weighted by molar-refractivity contribution is -0.145. The quantitative estimate of drug-likeness (QED) is 0.378. The average Bonchev–Trinajstić information content (AvgIpc) is 3.05. The number of aromatic nitrogens is 3. The molecule has 8 nitrogen and oxygen atoms in total. The predicted octanol–water partition coefficient (Wildman–Crippen LogP) is 1.72. The van der Waals surface area contributed by atoms with Gasteiger partial charge in [-0.15, -0.1) is 10.2 Å². The zero-order chi connectivity index (χ0) is 16.7. The van der Waals surface area contributed by atoms with Gasteiger partial charge >= 0.3 is 5.97 Å². The summed E-state index contributed by atoms with van der Waals surface area (Å²) < 4.78 is 17.9. The van der Waals surface area contributed by atoms with Gasteiger partial charge < -0.3 is 14.2 Å². The summed E-state index contributed by atoms with van der Waals surface area (Å²) in [7, 11) is 1.53. The minimum Gasteiger partial charge on any atom is -0.493 e. The maximum Gasteiger partial charge on any atom is 0.344 e. The summed E-state index contributed by atoms with van der Waals surface area (Å²) in [6.45, 7) is 1.88. The third-order valence-electron chi connectivity index (χ3n) is 2.64. The van der Waals surface area contributed by atoms with E-state index in [1.54, 1.807) is 19.2 Å². The highest BCUT2D eigenvalue weighted by molar-refractivity contribution is 14.1. The Labute approximate surface area is 146 Å². The van der Waals surface area contributed by atoms with E-state index in [9.17, 15) is 4.79 Å². The molecule has 0 unspecified atom stereocenters. The number of esters is 1. The minimum absolute atomic E-state index is 0.172. The van der Waals surface area contributed by atoms with Gasteiger partial charge in [0.25, 0.3) is 0 Å². The molecular formula is C14H15IN4O4. The zero-order valence-electron chi connectivity index (χ0n) is 12.6. The molecule has 9 heteroatoms. The first-order valence-corrected chi connectivity index (χ1v) is 7.76. The Morgan fingerprint density at radius 1 is 1.39 bits per heavy atom. The first kappa shape index (κ1) is 17.2. The first-order chi connectivity index (χ1) is 11.1. The topological polar surface area (TPSA) is 87.8 Å². The molecule has 0 N–H and O–H groups in total. The molecule has 0 amide bonds. The molecule has 2 aromatic rings. The molecule has 0 saturated heterocycles. The highest BCUT2D eigenvalue weighted by Crippen LogP contribution is 2.33. The molecule has 0 aliphatic heterocycles. The van der Waals surface area contributed by atoms with E-state index in [1.165, 1.54) is 24.4 Å². The number of benzene rings is 1. The molecule has 1 aromatic carbocycles. The van der Waals surface area contributed by atoms with Gasteiger partial charge in [0.2, 0.25) is 0 Å². The summed E-state index contributed by atoms with van der Waals surface area (Å²) in [6, 6.07) is 3.62. The molecule has 1 heterocycles. The average molecular weight is 430 g/mol. The fourth-order valence-electron chi connectivity index (χ4n) is 1.68. The molecule has 0 aliphatic rings. The molecule has 0 fully saturated rings. The van der Waals surface area contributed by atoms with Gasteiger partial charge in [0, 0.05) is 0 Å². The molecule has 0 spiro atoms. The van der Waals surface area contributed by atoms with Crippen molar-refractivity contribution in [2.45, 2.75) is 6.92 Å². The van der Waals surface area contributed by atoms with E-state index >= 15 is 0 Å². The van der Waals surface area contributed by atoms with Gasteiger partial charge in [0.05, 0.1) is 23.5 Å². The summed E-state index contributed by atoms with van der Waals surface area (Å²) in [5.74, 6) is 0.567. The second kappa shape index (κ2) is 8.46. The highest BCUT2D eigenvalue weighted by Gasteiger charge is 2.13. The third-order valence-corrected chi connectivity index (χ3v) is 3.44. The van der Waals surface area contributed by atoms with Crippen molar-refractivity contribution in [1.82, 2.24) is 14.9 Å². The first-order valence-electron chi connectivity index (χ1n) is 6.69. The van der Waals surface area contributed by atoms with Crippen LogP contribution < -0.4 is 9.47 Å². The van der Waals surface area contributed by atoms with Crippen LogP contribution in [-0.2, 0) is 9.53 Å². The van der Waals surface area contributed by atoms with E-state index in [0.717, 1.165) is 9.13 Å². The van der Waals surface area contributed by atoms with E-state index in [0.29, 0.717) is 18.1 Å². The second-order valence-electron chi connectivity index (χ2n) is 4.21. The largest absolute Gasteiger partial charge is 0.493 e. The van der Waals surface area contributed by atoms with Crippen molar-refractivity contribution in [1.29, 1.82) is 0 Å². The Kier molecular flexibility index (Phi) is 6.32. The number of nitrogens with zero attached hydrogens (tertiary/aromatic N) is 4. The summed E-state index contributed by atoms with van der Waals surface area (Å²) >= 11 is 2.11. The van der Waals surface area contributed by atoms with Crippen molar-refractivity contribution >= 4 is 34.8 Å². The van der Waals surface area contributed by atoms with E-state index in [4.69, 9.17) is 14.2 Å². The van der Waals surface area contributed by atoms with Gasteiger partial charge in [-0.25, -0.2) is 9.47 Å². The number of methoxy groups -OCH3 is 1. The number of hydrogen-bond donors (Lipinski definition) is 0. The summed E-state index contributed by atoms with van der Waals surface area (Å²) in [4.78, 5) is 11.4. The van der Waals surface area contributed by atoms with E-state index < -0.39 is 5.97 Å². The number of hydrogen-bond acceptors (Lipinski definition) is 7. The smallest absolute Gasteiger partial charge is 0.344 e. The van der Waals surface area contributed by atoms with E-state index in [1.807, 2.05) is 6.07 Å². The van der Waals surface area contributed by atoms with Crippen LogP contribution in [0.3, 0.4) is 0 Å². The minimum atomic E-state index is -0.427. The second-order valence-corrected chi connectivity index (χ2v) is 5.38. The Morgan fingerprint density at radius 2 is 2.13 bits per heavy atom. The van der Waals surface area contributed by atoms with Crippen molar-refractivity contribution in [2.75, 3.05) is 20.3 Å². The van der Waals surface area contributed by atoms with Crippen LogP contribution in [-0.4, -0.2) is 47.4 Å². The molecule has 122 valence electrons. The lowest BCUT2D eigenvalue weighted by Crippen LogP contribution is -2.15. The number of halogens is 1. The molecule has 23 heavy (non-hydrogen) atoms. The Hall–Kier alpha value is -2.17. The fraction of sp³-hybridized carbons (Fsp3) is 0.286. The summed E-state index contributed by atoms with van der Waals surface area (Å²) in [5, 5.41) is 11.5. The van der Waals surface area contributed by atoms with Gasteiger partial charge in [-0.05, 0) is 47.2 Å². The van der Waals surface area contributed by atoms with Crippen LogP contribution in [0.4, 0.5) is 0 Å². The van der Waals surface area contributed by atoms with Gasteiger partial charge in [-0.3, -0.25) is 0 Å². The van der Waals surface area contributed by atoms with Crippen LogP contribution in [0.15, 0.2) is 29.9 Å². The highest BCUT2D eigenvalue weighted by atomic mass is 127. The molecule has 0 aliphatic carbocycles. The van der Waals surface area contributed by atoms with Gasteiger partial charge in [-0.2, -0.15) is 5.10 Å².